The van der Waals surface area contributed by atoms with Crippen LogP contribution in [0.25, 0.3) is 0 Å². The number of benzene rings is 2. The molecule has 10 nitrogen and oxygen atoms in total. The maximum atomic E-state index is 13.7. The lowest BCUT2D eigenvalue weighted by Crippen LogP contribution is -2.46. The van der Waals surface area contributed by atoms with Crippen LogP contribution in [-0.2, 0) is 27.3 Å². The summed E-state index contributed by atoms with van der Waals surface area (Å²) < 4.78 is 4.91. The predicted octanol–water partition coefficient (Wildman–Crippen LogP) is 3.61. The molecule has 2 aromatic carbocycles. The van der Waals surface area contributed by atoms with Crippen LogP contribution in [0.4, 0.5) is 11.4 Å². The molecule has 1 aromatic heterocycles. The molecular weight excluding hydrogens is 512 g/mol. The fourth-order valence-electron chi connectivity index (χ4n) is 4.15. The highest BCUT2D eigenvalue weighted by atomic mass is 35.5. The van der Waals surface area contributed by atoms with Gasteiger partial charge in [0, 0.05) is 37.0 Å². The minimum absolute atomic E-state index is 0.0351. The van der Waals surface area contributed by atoms with Crippen molar-refractivity contribution in [2.24, 2.45) is 0 Å². The Labute approximate surface area is 223 Å². The normalized spacial score (nSPS) is 14.9. The number of anilines is 2. The number of carboxylic acid groups (broad SMARTS) is 1. The topological polar surface area (TPSA) is 138 Å². The molecule has 0 bridgehead atoms. The van der Waals surface area contributed by atoms with Crippen LogP contribution in [-0.4, -0.2) is 58.4 Å². The molecule has 1 aliphatic heterocycles. The molecule has 38 heavy (non-hydrogen) atoms. The van der Waals surface area contributed by atoms with Gasteiger partial charge in [-0.3, -0.25) is 19.4 Å². The number of rotatable bonds is 9. The lowest BCUT2D eigenvalue weighted by Gasteiger charge is -2.29. The summed E-state index contributed by atoms with van der Waals surface area (Å²) in [6, 6.07) is 13.4. The highest BCUT2D eigenvalue weighted by molar-refractivity contribution is 6.31. The number of carboxylic acids is 1. The number of nitrogens with one attached hydrogen (secondary N) is 2. The van der Waals surface area contributed by atoms with Crippen LogP contribution in [0, 0.1) is 0 Å². The largest absolute Gasteiger partial charge is 0.478 e. The van der Waals surface area contributed by atoms with Gasteiger partial charge in [-0.1, -0.05) is 23.7 Å². The van der Waals surface area contributed by atoms with Crippen LogP contribution >= 0.6 is 11.6 Å². The Balaban J connectivity index is 1.72. The number of hydrogen-bond acceptors (Lipinski definition) is 6. The average Bonchev–Trinajstić information content (AvgIpc) is 2.98. The number of carbonyl (C=O) groups is 4. The monoisotopic (exact) mass is 536 g/mol. The van der Waals surface area contributed by atoms with Gasteiger partial charge in [0.2, 0.25) is 11.8 Å². The Morgan fingerprint density at radius 2 is 1.97 bits per heavy atom. The first-order valence-corrected chi connectivity index (χ1v) is 12.1. The van der Waals surface area contributed by atoms with Gasteiger partial charge in [-0.25, -0.2) is 4.79 Å². The van der Waals surface area contributed by atoms with E-state index in [1.54, 1.807) is 42.6 Å². The van der Waals surface area contributed by atoms with E-state index in [9.17, 15) is 24.3 Å². The first-order valence-electron chi connectivity index (χ1n) is 11.7. The quantitative estimate of drug-likeness (QED) is 0.380. The molecule has 2 heterocycles. The Hall–Kier alpha value is -4.28. The van der Waals surface area contributed by atoms with Gasteiger partial charge in [-0.2, -0.15) is 0 Å². The van der Waals surface area contributed by atoms with Crippen molar-refractivity contribution in [1.29, 1.82) is 0 Å². The second-order valence-electron chi connectivity index (χ2n) is 8.63. The van der Waals surface area contributed by atoms with Crippen LogP contribution in [0.1, 0.15) is 38.4 Å². The number of fused-ring (bicyclic) bond motifs is 1. The molecule has 3 amide bonds. The first kappa shape index (κ1) is 26.8. The fraction of sp³-hybridized carbons (Fsp3) is 0.222. The van der Waals surface area contributed by atoms with Gasteiger partial charge >= 0.3 is 5.97 Å². The molecule has 1 unspecified atom stereocenters. The predicted molar refractivity (Wildman–Crippen MR) is 140 cm³/mol. The van der Waals surface area contributed by atoms with Crippen LogP contribution in [0.15, 0.2) is 60.8 Å². The number of nitrogens with zero attached hydrogens (tertiary/aromatic N) is 2. The molecule has 3 aromatic rings. The molecule has 0 fully saturated rings. The van der Waals surface area contributed by atoms with Crippen LogP contribution < -0.4 is 10.6 Å². The van der Waals surface area contributed by atoms with Crippen molar-refractivity contribution in [3.05, 3.63) is 88.2 Å². The van der Waals surface area contributed by atoms with Gasteiger partial charge in [0.05, 0.1) is 35.5 Å². The van der Waals surface area contributed by atoms with Crippen molar-refractivity contribution in [3.8, 4) is 0 Å². The molecule has 0 saturated heterocycles. The Morgan fingerprint density at radius 3 is 2.68 bits per heavy atom. The smallest absolute Gasteiger partial charge is 0.337 e. The Kier molecular flexibility index (Phi) is 8.35. The third-order valence-electron chi connectivity index (χ3n) is 6.01. The number of carbonyl (C=O) groups excluding carboxylic acids is 3. The maximum absolute atomic E-state index is 13.7. The number of hydrogen-bond donors (Lipinski definition) is 3. The average molecular weight is 537 g/mol. The van der Waals surface area contributed by atoms with Crippen molar-refractivity contribution in [1.82, 2.24) is 9.88 Å². The van der Waals surface area contributed by atoms with E-state index in [4.69, 9.17) is 16.3 Å². The van der Waals surface area contributed by atoms with E-state index in [1.165, 1.54) is 30.2 Å². The third-order valence-corrected chi connectivity index (χ3v) is 6.25. The molecule has 1 atom stereocenters. The van der Waals surface area contributed by atoms with Crippen molar-refractivity contribution in [2.45, 2.75) is 25.4 Å². The van der Waals surface area contributed by atoms with Gasteiger partial charge in [0.1, 0.15) is 6.04 Å². The summed E-state index contributed by atoms with van der Waals surface area (Å²) in [5, 5.41) is 15.4. The number of ether oxygens (including phenoxy) is 1. The van der Waals surface area contributed by atoms with E-state index in [0.717, 1.165) is 0 Å². The zero-order chi connectivity index (χ0) is 27.2. The highest BCUT2D eigenvalue weighted by Gasteiger charge is 2.36. The molecule has 11 heteroatoms. The fourth-order valence-corrected chi connectivity index (χ4v) is 4.32. The summed E-state index contributed by atoms with van der Waals surface area (Å²) in [4.78, 5) is 56.9. The minimum atomic E-state index is -1.22. The maximum Gasteiger partial charge on any atom is 0.337 e. The van der Waals surface area contributed by atoms with Gasteiger partial charge < -0.3 is 25.4 Å². The molecule has 1 aliphatic rings. The standard InChI is InChI=1S/C27H25ClN4O6/c1-38-11-9-24(33)30-21-12-16(5-7-20(21)27(36)37)15-32-23(14-18-4-2-3-10-29-18)25(34)31-22-13-17(28)6-8-19(22)26(32)35/h2-8,10,12-13,23H,9,11,14-15H2,1H3,(H,30,33)(H,31,34)(H,36,37). The van der Waals surface area contributed by atoms with Gasteiger partial charge in [0.25, 0.3) is 5.91 Å². The molecule has 4 rings (SSSR count). The third kappa shape index (κ3) is 6.16. The second kappa shape index (κ2) is 11.8. The zero-order valence-electron chi connectivity index (χ0n) is 20.4. The molecule has 0 radical (unpaired) electrons. The van der Waals surface area contributed by atoms with E-state index in [0.29, 0.717) is 22.0 Å². The zero-order valence-corrected chi connectivity index (χ0v) is 21.2. The Bertz CT molecular complexity index is 1380. The number of methoxy groups -OCH3 is 1. The van der Waals surface area contributed by atoms with E-state index in [1.807, 2.05) is 0 Å². The summed E-state index contributed by atoms with van der Waals surface area (Å²) in [5.74, 6) is -2.47. The minimum Gasteiger partial charge on any atom is -0.478 e. The molecule has 0 aliphatic carbocycles. The number of aromatic carboxylic acids is 1. The number of pyridine rings is 1. The van der Waals surface area contributed by atoms with Gasteiger partial charge in [0.15, 0.2) is 0 Å². The van der Waals surface area contributed by atoms with Crippen molar-refractivity contribution >= 4 is 46.7 Å². The van der Waals surface area contributed by atoms with Crippen LogP contribution in [0.3, 0.4) is 0 Å². The summed E-state index contributed by atoms with van der Waals surface area (Å²) in [6.07, 6.45) is 1.79. The summed E-state index contributed by atoms with van der Waals surface area (Å²) in [7, 11) is 1.46. The highest BCUT2D eigenvalue weighted by Crippen LogP contribution is 2.29. The lowest BCUT2D eigenvalue weighted by molar-refractivity contribution is -0.120. The second-order valence-corrected chi connectivity index (χ2v) is 9.07. The first-order chi connectivity index (χ1) is 18.3. The SMILES string of the molecule is COCCC(=O)Nc1cc(CN2C(=O)c3ccc(Cl)cc3NC(=O)C2Cc2ccccn2)ccc1C(=O)O. The van der Waals surface area contributed by atoms with Crippen molar-refractivity contribution in [3.63, 3.8) is 0 Å². The molecule has 0 spiro atoms. The van der Waals surface area contributed by atoms with E-state index >= 15 is 0 Å². The Morgan fingerprint density at radius 1 is 1.16 bits per heavy atom. The van der Waals surface area contributed by atoms with Crippen LogP contribution in [0.5, 0.6) is 0 Å². The molecule has 3 N–H and O–H groups in total. The lowest BCUT2D eigenvalue weighted by atomic mass is 10.0. The van der Waals surface area contributed by atoms with Crippen molar-refractivity contribution < 1.29 is 29.0 Å². The van der Waals surface area contributed by atoms with Crippen LogP contribution in [0.2, 0.25) is 5.02 Å². The molecule has 0 saturated carbocycles. The van der Waals surface area contributed by atoms with E-state index in [-0.39, 0.29) is 42.8 Å². The summed E-state index contributed by atoms with van der Waals surface area (Å²) in [5.41, 5.74) is 1.67. The van der Waals surface area contributed by atoms with Crippen molar-refractivity contribution in [2.75, 3.05) is 24.4 Å². The van der Waals surface area contributed by atoms with E-state index < -0.39 is 29.7 Å². The number of aromatic nitrogens is 1. The summed E-state index contributed by atoms with van der Waals surface area (Å²) >= 11 is 6.11. The molecule has 196 valence electrons. The number of amides is 3. The van der Waals surface area contributed by atoms with E-state index in [2.05, 4.69) is 15.6 Å². The van der Waals surface area contributed by atoms with Gasteiger partial charge in [-0.15, -0.1) is 0 Å². The van der Waals surface area contributed by atoms with Gasteiger partial charge in [-0.05, 0) is 48.0 Å². The summed E-state index contributed by atoms with van der Waals surface area (Å²) in [6.45, 7) is 0.136. The molecular formula is C27H25ClN4O6. The number of halogens is 1.